The van der Waals surface area contributed by atoms with E-state index < -0.39 is 5.60 Å². The summed E-state index contributed by atoms with van der Waals surface area (Å²) in [5.74, 6) is 1.00. The van der Waals surface area contributed by atoms with Gasteiger partial charge in [-0.3, -0.25) is 0 Å². The Morgan fingerprint density at radius 3 is 2.67 bits per heavy atom. The molecule has 0 saturated heterocycles. The maximum Gasteiger partial charge on any atom is 0.0715 e. The van der Waals surface area contributed by atoms with Crippen LogP contribution >= 0.6 is 0 Å². The normalized spacial score (nSPS) is 36.5. The van der Waals surface area contributed by atoms with Gasteiger partial charge in [0.2, 0.25) is 0 Å². The second kappa shape index (κ2) is 5.16. The molecule has 0 bridgehead atoms. The van der Waals surface area contributed by atoms with Crippen LogP contribution in [-0.2, 0) is 0 Å². The molecule has 0 amide bonds. The molecule has 1 N–H and O–H groups in total. The number of aliphatic hydroxyl groups is 1. The Morgan fingerprint density at radius 2 is 2.13 bits per heavy atom. The lowest BCUT2D eigenvalue weighted by atomic mass is 9.67. The van der Waals surface area contributed by atoms with Crippen molar-refractivity contribution in [2.45, 2.75) is 64.9 Å². The molecule has 1 aliphatic rings. The van der Waals surface area contributed by atoms with Crippen LogP contribution in [0, 0.1) is 11.8 Å². The molecular weight excluding hydrogens is 184 g/mol. The van der Waals surface area contributed by atoms with Crippen molar-refractivity contribution in [2.24, 2.45) is 11.8 Å². The average molecular weight is 210 g/mol. The lowest BCUT2D eigenvalue weighted by molar-refractivity contribution is -0.0574. The molecule has 3 unspecified atom stereocenters. The summed E-state index contributed by atoms with van der Waals surface area (Å²) in [5.41, 5.74) is 0.708. The minimum atomic E-state index is -0.459. The molecule has 0 aliphatic heterocycles. The first-order valence-electron chi connectivity index (χ1n) is 6.37. The molecule has 1 nitrogen and oxygen atoms in total. The fourth-order valence-electron chi connectivity index (χ4n) is 3.03. The summed E-state index contributed by atoms with van der Waals surface area (Å²) in [5, 5.41) is 10.7. The highest BCUT2D eigenvalue weighted by Crippen LogP contribution is 2.43. The van der Waals surface area contributed by atoms with E-state index in [4.69, 9.17) is 0 Å². The van der Waals surface area contributed by atoms with E-state index in [2.05, 4.69) is 27.4 Å². The number of hydrogen-bond donors (Lipinski definition) is 1. The van der Waals surface area contributed by atoms with E-state index >= 15 is 0 Å². The van der Waals surface area contributed by atoms with Gasteiger partial charge < -0.3 is 5.11 Å². The molecule has 1 aliphatic carbocycles. The van der Waals surface area contributed by atoms with Gasteiger partial charge in [0.1, 0.15) is 0 Å². The Hall–Kier alpha value is -0.300. The molecule has 3 atom stereocenters. The van der Waals surface area contributed by atoms with Crippen molar-refractivity contribution in [3.8, 4) is 0 Å². The van der Waals surface area contributed by atoms with Gasteiger partial charge in [0.15, 0.2) is 0 Å². The first-order valence-corrected chi connectivity index (χ1v) is 6.37. The van der Waals surface area contributed by atoms with E-state index in [0.717, 1.165) is 25.7 Å². The minimum absolute atomic E-state index is 0.334. The van der Waals surface area contributed by atoms with Gasteiger partial charge in [0.25, 0.3) is 0 Å². The fraction of sp³-hybridized carbons (Fsp3) is 0.857. The minimum Gasteiger partial charge on any atom is -0.389 e. The highest BCUT2D eigenvalue weighted by atomic mass is 16.3. The van der Waals surface area contributed by atoms with E-state index in [9.17, 15) is 5.11 Å². The Labute approximate surface area is 94.6 Å². The molecule has 88 valence electrons. The topological polar surface area (TPSA) is 20.2 Å². The third-order valence-electron chi connectivity index (χ3n) is 3.86. The van der Waals surface area contributed by atoms with Crippen LogP contribution in [0.3, 0.4) is 0 Å². The monoisotopic (exact) mass is 210 g/mol. The highest BCUT2D eigenvalue weighted by Gasteiger charge is 2.40. The Kier molecular flexibility index (Phi) is 4.39. The average Bonchev–Trinajstić information content (AvgIpc) is 2.14. The van der Waals surface area contributed by atoms with Gasteiger partial charge in [-0.05, 0) is 38.5 Å². The molecule has 0 heterocycles. The summed E-state index contributed by atoms with van der Waals surface area (Å²) in [4.78, 5) is 0. The smallest absolute Gasteiger partial charge is 0.0715 e. The maximum atomic E-state index is 10.7. The third kappa shape index (κ3) is 3.07. The van der Waals surface area contributed by atoms with Crippen molar-refractivity contribution in [1.82, 2.24) is 0 Å². The van der Waals surface area contributed by atoms with Gasteiger partial charge in [0.05, 0.1) is 5.60 Å². The summed E-state index contributed by atoms with van der Waals surface area (Å²) >= 11 is 0. The number of hydrogen-bond acceptors (Lipinski definition) is 1. The zero-order valence-electron chi connectivity index (χ0n) is 10.6. The van der Waals surface area contributed by atoms with Crippen LogP contribution in [0.1, 0.15) is 59.3 Å². The van der Waals surface area contributed by atoms with Gasteiger partial charge >= 0.3 is 0 Å². The predicted molar refractivity (Wildman–Crippen MR) is 65.8 cm³/mol. The fourth-order valence-corrected chi connectivity index (χ4v) is 3.03. The van der Waals surface area contributed by atoms with Crippen LogP contribution in [-0.4, -0.2) is 10.7 Å². The summed E-state index contributed by atoms with van der Waals surface area (Å²) in [7, 11) is 0. The molecular formula is C14H26O. The zero-order chi connectivity index (χ0) is 11.5. The Balaban J connectivity index is 2.71. The SMILES string of the molecule is C=C(C)C1CCC(C)CC1(O)CCCC. The van der Waals surface area contributed by atoms with E-state index in [1.165, 1.54) is 18.4 Å². The number of unbranched alkanes of at least 4 members (excludes halogenated alkanes) is 1. The molecule has 1 rings (SSSR count). The van der Waals surface area contributed by atoms with Crippen molar-refractivity contribution < 1.29 is 5.11 Å². The Morgan fingerprint density at radius 1 is 1.47 bits per heavy atom. The summed E-state index contributed by atoms with van der Waals surface area (Å²) in [6.07, 6.45) is 6.57. The molecule has 1 saturated carbocycles. The standard InChI is InChI=1S/C14H26O/c1-5-6-9-14(15)10-12(4)7-8-13(14)11(2)3/h12-13,15H,2,5-10H2,1,3-4H3. The second-order valence-corrected chi connectivity index (χ2v) is 5.49. The maximum absolute atomic E-state index is 10.7. The van der Waals surface area contributed by atoms with Crippen molar-refractivity contribution in [3.63, 3.8) is 0 Å². The molecule has 0 aromatic heterocycles. The van der Waals surface area contributed by atoms with E-state index in [1.807, 2.05) is 0 Å². The van der Waals surface area contributed by atoms with Crippen molar-refractivity contribution >= 4 is 0 Å². The van der Waals surface area contributed by atoms with Gasteiger partial charge in [-0.1, -0.05) is 38.8 Å². The summed E-state index contributed by atoms with van der Waals surface area (Å²) < 4.78 is 0. The van der Waals surface area contributed by atoms with E-state index in [-0.39, 0.29) is 0 Å². The first kappa shape index (κ1) is 12.8. The van der Waals surface area contributed by atoms with Crippen LogP contribution < -0.4 is 0 Å². The van der Waals surface area contributed by atoms with Gasteiger partial charge in [-0.25, -0.2) is 0 Å². The predicted octanol–water partition coefficient (Wildman–Crippen LogP) is 3.92. The lowest BCUT2D eigenvalue weighted by Gasteiger charge is -2.43. The molecule has 0 aromatic rings. The lowest BCUT2D eigenvalue weighted by Crippen LogP contribution is -2.43. The van der Waals surface area contributed by atoms with Crippen molar-refractivity contribution in [2.75, 3.05) is 0 Å². The summed E-state index contributed by atoms with van der Waals surface area (Å²) in [6.45, 7) is 10.6. The van der Waals surface area contributed by atoms with Gasteiger partial charge in [0, 0.05) is 5.92 Å². The molecule has 0 radical (unpaired) electrons. The third-order valence-corrected chi connectivity index (χ3v) is 3.86. The van der Waals surface area contributed by atoms with Gasteiger partial charge in [-0.15, -0.1) is 0 Å². The quantitative estimate of drug-likeness (QED) is 0.697. The van der Waals surface area contributed by atoms with Crippen LogP contribution in [0.15, 0.2) is 12.2 Å². The largest absolute Gasteiger partial charge is 0.389 e. The molecule has 15 heavy (non-hydrogen) atoms. The van der Waals surface area contributed by atoms with Crippen molar-refractivity contribution in [3.05, 3.63) is 12.2 Å². The molecule has 1 heteroatoms. The van der Waals surface area contributed by atoms with E-state index in [1.54, 1.807) is 0 Å². The number of rotatable bonds is 4. The highest BCUT2D eigenvalue weighted by molar-refractivity contribution is 5.08. The van der Waals surface area contributed by atoms with Crippen LogP contribution in [0.5, 0.6) is 0 Å². The summed E-state index contributed by atoms with van der Waals surface area (Å²) in [6, 6.07) is 0. The molecule has 0 spiro atoms. The zero-order valence-corrected chi connectivity index (χ0v) is 10.6. The first-order chi connectivity index (χ1) is 6.99. The van der Waals surface area contributed by atoms with Crippen molar-refractivity contribution in [1.29, 1.82) is 0 Å². The van der Waals surface area contributed by atoms with Crippen LogP contribution in [0.4, 0.5) is 0 Å². The second-order valence-electron chi connectivity index (χ2n) is 5.49. The van der Waals surface area contributed by atoms with Gasteiger partial charge in [-0.2, -0.15) is 0 Å². The Bertz CT molecular complexity index is 221. The van der Waals surface area contributed by atoms with Crippen LogP contribution in [0.2, 0.25) is 0 Å². The molecule has 1 fully saturated rings. The van der Waals surface area contributed by atoms with Crippen LogP contribution in [0.25, 0.3) is 0 Å². The van der Waals surface area contributed by atoms with E-state index in [0.29, 0.717) is 11.8 Å². The molecule has 0 aromatic carbocycles.